The number of anilines is 2. The normalized spacial score (nSPS) is 10.8. The molecule has 0 radical (unpaired) electrons. The van der Waals surface area contributed by atoms with Crippen LogP contribution in [0.5, 0.6) is 0 Å². The molecule has 0 aliphatic rings. The van der Waals surface area contributed by atoms with E-state index in [-0.39, 0.29) is 0 Å². The van der Waals surface area contributed by atoms with Crippen LogP contribution in [0.1, 0.15) is 11.5 Å². The van der Waals surface area contributed by atoms with Gasteiger partial charge in [-0.25, -0.2) is 0 Å². The highest BCUT2D eigenvalue weighted by atomic mass is 32.2. The molecule has 0 aliphatic carbocycles. The predicted molar refractivity (Wildman–Crippen MR) is 104 cm³/mol. The lowest BCUT2D eigenvalue weighted by Crippen LogP contribution is -1.89. The van der Waals surface area contributed by atoms with E-state index in [1.165, 1.54) is 28.7 Å². The van der Waals surface area contributed by atoms with Crippen molar-refractivity contribution in [3.63, 3.8) is 0 Å². The molecule has 0 aliphatic heterocycles. The van der Waals surface area contributed by atoms with E-state index in [0.717, 1.165) is 20.7 Å². The number of hydrogen-bond donors (Lipinski definition) is 1. The predicted octanol–water partition coefficient (Wildman–Crippen LogP) is 4.93. The standard InChI is InChI=1S/C18H15N5OS2/c1-12-6-5-9-14(10-12)19-17-21-22-18(26-17)25-11-15-20-16(23-24-15)13-7-3-2-4-8-13/h2-10H,11H2,1H3,(H,19,21). The summed E-state index contributed by atoms with van der Waals surface area (Å²) in [5.41, 5.74) is 3.13. The highest BCUT2D eigenvalue weighted by Gasteiger charge is 2.11. The Labute approximate surface area is 158 Å². The lowest BCUT2D eigenvalue weighted by Gasteiger charge is -2.01. The zero-order chi connectivity index (χ0) is 17.8. The summed E-state index contributed by atoms with van der Waals surface area (Å²) in [7, 11) is 0. The smallest absolute Gasteiger partial charge is 0.237 e. The number of thioether (sulfide) groups is 1. The van der Waals surface area contributed by atoms with E-state index in [1.54, 1.807) is 0 Å². The van der Waals surface area contributed by atoms with Crippen LogP contribution in [0, 0.1) is 6.92 Å². The van der Waals surface area contributed by atoms with Crippen LogP contribution >= 0.6 is 23.1 Å². The van der Waals surface area contributed by atoms with Gasteiger partial charge in [0.1, 0.15) is 0 Å². The molecule has 0 spiro atoms. The van der Waals surface area contributed by atoms with Crippen LogP contribution in [0.4, 0.5) is 10.8 Å². The summed E-state index contributed by atoms with van der Waals surface area (Å²) < 4.78 is 6.16. The number of hydrogen-bond acceptors (Lipinski definition) is 8. The monoisotopic (exact) mass is 381 g/mol. The molecule has 0 unspecified atom stereocenters. The summed E-state index contributed by atoms with van der Waals surface area (Å²) in [5.74, 6) is 1.72. The third-order valence-electron chi connectivity index (χ3n) is 3.49. The van der Waals surface area contributed by atoms with Crippen LogP contribution in [0.25, 0.3) is 11.4 Å². The van der Waals surface area contributed by atoms with Crippen molar-refractivity contribution in [2.24, 2.45) is 0 Å². The molecule has 0 fully saturated rings. The van der Waals surface area contributed by atoms with E-state index >= 15 is 0 Å². The van der Waals surface area contributed by atoms with Crippen LogP contribution in [0.3, 0.4) is 0 Å². The highest BCUT2D eigenvalue weighted by molar-refractivity contribution is 8.00. The average Bonchev–Trinajstić information content (AvgIpc) is 3.30. The van der Waals surface area contributed by atoms with Crippen LogP contribution in [-0.4, -0.2) is 20.3 Å². The first-order valence-electron chi connectivity index (χ1n) is 7.94. The van der Waals surface area contributed by atoms with Crippen molar-refractivity contribution in [2.75, 3.05) is 5.32 Å². The van der Waals surface area contributed by atoms with Gasteiger partial charge in [0.25, 0.3) is 0 Å². The number of benzene rings is 2. The Bertz CT molecular complexity index is 1000. The van der Waals surface area contributed by atoms with Gasteiger partial charge in [0.2, 0.25) is 16.8 Å². The summed E-state index contributed by atoms with van der Waals surface area (Å²) >= 11 is 3.02. The molecule has 2 aromatic carbocycles. The Morgan fingerprint density at radius 2 is 1.96 bits per heavy atom. The maximum Gasteiger partial charge on any atom is 0.237 e. The van der Waals surface area contributed by atoms with Crippen LogP contribution in [0.2, 0.25) is 0 Å². The zero-order valence-corrected chi connectivity index (χ0v) is 15.5. The van der Waals surface area contributed by atoms with Crippen molar-refractivity contribution in [2.45, 2.75) is 17.0 Å². The number of nitrogens with one attached hydrogen (secondary N) is 1. The van der Waals surface area contributed by atoms with Crippen molar-refractivity contribution in [3.05, 3.63) is 66.1 Å². The molecule has 8 heteroatoms. The van der Waals surface area contributed by atoms with Gasteiger partial charge < -0.3 is 9.84 Å². The Kier molecular flexibility index (Phi) is 4.94. The Morgan fingerprint density at radius 3 is 2.81 bits per heavy atom. The summed E-state index contributed by atoms with van der Waals surface area (Å²) in [4.78, 5) is 4.42. The molecule has 0 saturated carbocycles. The van der Waals surface area contributed by atoms with Gasteiger partial charge in [-0.1, -0.05) is 70.7 Å². The number of nitrogens with zero attached hydrogens (tertiary/aromatic N) is 4. The number of aryl methyl sites for hydroxylation is 1. The topological polar surface area (TPSA) is 76.7 Å². The molecule has 0 saturated heterocycles. The Morgan fingerprint density at radius 1 is 1.08 bits per heavy atom. The van der Waals surface area contributed by atoms with Crippen LogP contribution in [-0.2, 0) is 5.75 Å². The van der Waals surface area contributed by atoms with Crippen LogP contribution in [0.15, 0.2) is 63.5 Å². The van der Waals surface area contributed by atoms with E-state index < -0.39 is 0 Å². The zero-order valence-electron chi connectivity index (χ0n) is 13.9. The summed E-state index contributed by atoms with van der Waals surface area (Å²) in [5, 5.41) is 16.4. The third-order valence-corrected chi connectivity index (χ3v) is 5.45. The van der Waals surface area contributed by atoms with Gasteiger partial charge in [-0.15, -0.1) is 10.2 Å². The summed E-state index contributed by atoms with van der Waals surface area (Å²) in [6.45, 7) is 2.06. The molecular formula is C18H15N5OS2. The lowest BCUT2D eigenvalue weighted by molar-refractivity contribution is 0.391. The fraction of sp³-hybridized carbons (Fsp3) is 0.111. The van der Waals surface area contributed by atoms with Gasteiger partial charge in [-0.3, -0.25) is 0 Å². The summed E-state index contributed by atoms with van der Waals surface area (Å²) in [6.07, 6.45) is 0. The summed E-state index contributed by atoms with van der Waals surface area (Å²) in [6, 6.07) is 17.9. The molecule has 0 bridgehead atoms. The van der Waals surface area contributed by atoms with E-state index in [9.17, 15) is 0 Å². The van der Waals surface area contributed by atoms with Gasteiger partial charge in [0.15, 0.2) is 4.34 Å². The van der Waals surface area contributed by atoms with Gasteiger partial charge in [0, 0.05) is 11.3 Å². The lowest BCUT2D eigenvalue weighted by atomic mass is 10.2. The number of aromatic nitrogens is 4. The average molecular weight is 381 g/mol. The molecule has 6 nitrogen and oxygen atoms in total. The minimum atomic E-state index is 0.554. The number of rotatable bonds is 6. The fourth-order valence-corrected chi connectivity index (χ4v) is 3.92. The molecule has 0 atom stereocenters. The van der Waals surface area contributed by atoms with E-state index in [0.29, 0.717) is 17.5 Å². The van der Waals surface area contributed by atoms with E-state index in [4.69, 9.17) is 4.52 Å². The largest absolute Gasteiger partial charge is 0.338 e. The second kappa shape index (κ2) is 7.67. The maximum absolute atomic E-state index is 5.32. The molecule has 0 amide bonds. The highest BCUT2D eigenvalue weighted by Crippen LogP contribution is 2.30. The van der Waals surface area contributed by atoms with Gasteiger partial charge in [-0.05, 0) is 24.6 Å². The first-order chi connectivity index (χ1) is 12.8. The Balaban J connectivity index is 1.37. The molecule has 4 rings (SSSR count). The molecule has 2 heterocycles. The Hall–Kier alpha value is -2.71. The minimum Gasteiger partial charge on any atom is -0.338 e. The van der Waals surface area contributed by atoms with Crippen molar-refractivity contribution in [3.8, 4) is 11.4 Å². The molecule has 4 aromatic rings. The van der Waals surface area contributed by atoms with Crippen molar-refractivity contribution >= 4 is 33.9 Å². The van der Waals surface area contributed by atoms with Gasteiger partial charge >= 0.3 is 0 Å². The molecule has 2 aromatic heterocycles. The third kappa shape index (κ3) is 4.09. The van der Waals surface area contributed by atoms with Crippen molar-refractivity contribution < 1.29 is 4.52 Å². The minimum absolute atomic E-state index is 0.554. The SMILES string of the molecule is Cc1cccc(Nc2nnc(SCc3nc(-c4ccccc4)no3)s2)c1. The van der Waals surface area contributed by atoms with Crippen molar-refractivity contribution in [1.29, 1.82) is 0 Å². The maximum atomic E-state index is 5.32. The molecule has 130 valence electrons. The molecule has 1 N–H and O–H groups in total. The van der Waals surface area contributed by atoms with E-state index in [2.05, 4.69) is 44.7 Å². The van der Waals surface area contributed by atoms with Crippen LogP contribution < -0.4 is 5.32 Å². The first-order valence-corrected chi connectivity index (χ1v) is 9.74. The van der Waals surface area contributed by atoms with Gasteiger partial charge in [0.05, 0.1) is 5.75 Å². The second-order valence-corrected chi connectivity index (χ2v) is 7.73. The van der Waals surface area contributed by atoms with Gasteiger partial charge in [-0.2, -0.15) is 4.98 Å². The van der Waals surface area contributed by atoms with E-state index in [1.807, 2.05) is 42.5 Å². The second-order valence-electron chi connectivity index (χ2n) is 5.53. The molecule has 26 heavy (non-hydrogen) atoms. The fourth-order valence-electron chi connectivity index (χ4n) is 2.31. The van der Waals surface area contributed by atoms with Crippen molar-refractivity contribution in [1.82, 2.24) is 20.3 Å². The quantitative estimate of drug-likeness (QED) is 0.474. The molecular weight excluding hydrogens is 366 g/mol. The first kappa shape index (κ1) is 16.7.